The number of halogens is 2. The summed E-state index contributed by atoms with van der Waals surface area (Å²) >= 11 is 13.8. The molecule has 0 unspecified atom stereocenters. The topological polar surface area (TPSA) is 71.5 Å². The van der Waals surface area contributed by atoms with Crippen LogP contribution in [0.5, 0.6) is 5.75 Å². The summed E-state index contributed by atoms with van der Waals surface area (Å²) in [5, 5.41) is 6.55. The van der Waals surface area contributed by atoms with Gasteiger partial charge in [0, 0.05) is 35.1 Å². The molecule has 172 valence electrons. The molecule has 33 heavy (non-hydrogen) atoms. The zero-order valence-electron chi connectivity index (χ0n) is 18.0. The Bertz CT molecular complexity index is 1160. The summed E-state index contributed by atoms with van der Waals surface area (Å²) in [6, 6.07) is 12.5. The Balaban J connectivity index is 1.32. The van der Waals surface area contributed by atoms with E-state index in [1.807, 2.05) is 23.1 Å². The van der Waals surface area contributed by atoms with Crippen molar-refractivity contribution >= 4 is 52.0 Å². The van der Waals surface area contributed by atoms with Gasteiger partial charge >= 0.3 is 0 Å². The quantitative estimate of drug-likeness (QED) is 0.470. The molecule has 6 nitrogen and oxygen atoms in total. The van der Waals surface area contributed by atoms with Gasteiger partial charge in [0.2, 0.25) is 5.91 Å². The van der Waals surface area contributed by atoms with Gasteiger partial charge in [-0.2, -0.15) is 0 Å². The molecule has 2 heterocycles. The third-order valence-corrected chi connectivity index (χ3v) is 7.33. The maximum atomic E-state index is 12.7. The molecule has 0 saturated carbocycles. The number of hydrogen-bond donors (Lipinski definition) is 1. The molecule has 1 fully saturated rings. The van der Waals surface area contributed by atoms with E-state index in [0.29, 0.717) is 46.7 Å². The summed E-state index contributed by atoms with van der Waals surface area (Å²) in [6.07, 6.45) is 1.94. The predicted octanol–water partition coefficient (Wildman–Crippen LogP) is 5.66. The number of nitrogens with one attached hydrogen (secondary N) is 1. The van der Waals surface area contributed by atoms with Gasteiger partial charge in [-0.25, -0.2) is 4.98 Å². The first-order valence-electron chi connectivity index (χ1n) is 10.6. The summed E-state index contributed by atoms with van der Waals surface area (Å²) in [7, 11) is 1.54. The second-order valence-electron chi connectivity index (χ2n) is 7.80. The fourth-order valence-corrected chi connectivity index (χ4v) is 5.24. The number of amides is 2. The lowest BCUT2D eigenvalue weighted by Gasteiger charge is -2.31. The number of ether oxygens (including phenoxy) is 1. The maximum Gasteiger partial charge on any atom is 0.275 e. The number of nitrogens with zero attached hydrogens (tertiary/aromatic N) is 2. The highest BCUT2D eigenvalue weighted by molar-refractivity contribution is 7.10. The van der Waals surface area contributed by atoms with Crippen molar-refractivity contribution in [2.75, 3.05) is 25.5 Å². The molecule has 1 aliphatic rings. The number of rotatable bonds is 6. The summed E-state index contributed by atoms with van der Waals surface area (Å²) in [5.41, 5.74) is 1.80. The van der Waals surface area contributed by atoms with E-state index in [4.69, 9.17) is 27.9 Å². The fourth-order valence-electron chi connectivity index (χ4n) is 3.81. The predicted molar refractivity (Wildman–Crippen MR) is 132 cm³/mol. The number of piperidine rings is 1. The van der Waals surface area contributed by atoms with Crippen molar-refractivity contribution in [2.45, 2.75) is 25.2 Å². The van der Waals surface area contributed by atoms with Crippen molar-refractivity contribution in [3.8, 4) is 5.75 Å². The third kappa shape index (κ3) is 5.66. The van der Waals surface area contributed by atoms with Crippen molar-refractivity contribution in [2.24, 2.45) is 0 Å². The van der Waals surface area contributed by atoms with Crippen LogP contribution in [0.25, 0.3) is 0 Å². The van der Waals surface area contributed by atoms with Gasteiger partial charge in [0.15, 0.2) is 0 Å². The highest BCUT2D eigenvalue weighted by Gasteiger charge is 2.26. The number of carbonyl (C=O) groups excluding carboxylic acids is 2. The Hall–Kier alpha value is -2.61. The number of aromatic nitrogens is 1. The first kappa shape index (κ1) is 23.5. The number of thiazole rings is 1. The molecule has 0 radical (unpaired) electrons. The van der Waals surface area contributed by atoms with E-state index in [-0.39, 0.29) is 17.7 Å². The van der Waals surface area contributed by atoms with Gasteiger partial charge in [0.25, 0.3) is 5.91 Å². The van der Waals surface area contributed by atoms with Crippen LogP contribution in [0, 0.1) is 0 Å². The molecule has 1 saturated heterocycles. The monoisotopic (exact) mass is 503 g/mol. The minimum absolute atomic E-state index is 0.0823. The van der Waals surface area contributed by atoms with Crippen LogP contribution in [-0.2, 0) is 11.2 Å². The zero-order chi connectivity index (χ0) is 23.4. The molecule has 0 aliphatic carbocycles. The van der Waals surface area contributed by atoms with Gasteiger partial charge in [0.05, 0.1) is 23.6 Å². The minimum atomic E-state index is -0.286. The van der Waals surface area contributed by atoms with E-state index < -0.39 is 0 Å². The SMILES string of the molecule is COc1ccc(NC(=O)c2csc(C3CCN(C(=O)Cc4ccccc4Cl)CC3)n2)cc1Cl. The molecule has 4 rings (SSSR count). The summed E-state index contributed by atoms with van der Waals surface area (Å²) in [5.74, 6) is 0.573. The maximum absolute atomic E-state index is 12.7. The lowest BCUT2D eigenvalue weighted by molar-refractivity contribution is -0.131. The van der Waals surface area contributed by atoms with E-state index in [1.165, 1.54) is 18.4 Å². The highest BCUT2D eigenvalue weighted by Crippen LogP contribution is 2.31. The van der Waals surface area contributed by atoms with Crippen LogP contribution in [-0.4, -0.2) is 41.9 Å². The summed E-state index contributed by atoms with van der Waals surface area (Å²) in [6.45, 7) is 1.33. The number of benzene rings is 2. The number of hydrogen-bond acceptors (Lipinski definition) is 5. The summed E-state index contributed by atoms with van der Waals surface area (Å²) < 4.78 is 5.13. The van der Waals surface area contributed by atoms with Gasteiger partial charge in [-0.15, -0.1) is 11.3 Å². The first-order valence-corrected chi connectivity index (χ1v) is 12.2. The van der Waals surface area contributed by atoms with E-state index >= 15 is 0 Å². The van der Waals surface area contributed by atoms with Gasteiger partial charge in [-0.1, -0.05) is 41.4 Å². The number of anilines is 1. The highest BCUT2D eigenvalue weighted by atomic mass is 35.5. The van der Waals surface area contributed by atoms with Crippen molar-refractivity contribution in [3.63, 3.8) is 0 Å². The number of carbonyl (C=O) groups is 2. The fraction of sp³-hybridized carbons (Fsp3) is 0.292. The average Bonchev–Trinajstić information content (AvgIpc) is 3.31. The molecule has 3 aromatic rings. The molecule has 0 spiro atoms. The van der Waals surface area contributed by atoms with Crippen molar-refractivity contribution < 1.29 is 14.3 Å². The van der Waals surface area contributed by atoms with Crippen molar-refractivity contribution in [1.82, 2.24) is 9.88 Å². The average molecular weight is 504 g/mol. The Kier molecular flexibility index (Phi) is 7.53. The van der Waals surface area contributed by atoms with Crippen LogP contribution in [0.2, 0.25) is 10.0 Å². The van der Waals surface area contributed by atoms with Gasteiger partial charge < -0.3 is 15.0 Å². The van der Waals surface area contributed by atoms with Crippen LogP contribution in [0.15, 0.2) is 47.8 Å². The Morgan fingerprint density at radius 1 is 1.15 bits per heavy atom. The molecule has 2 amide bonds. The van der Waals surface area contributed by atoms with E-state index in [2.05, 4.69) is 10.3 Å². The molecule has 1 N–H and O–H groups in total. The third-order valence-electron chi connectivity index (χ3n) is 5.66. The molecule has 0 atom stereocenters. The lowest BCUT2D eigenvalue weighted by atomic mass is 9.97. The van der Waals surface area contributed by atoms with Crippen molar-refractivity contribution in [3.05, 3.63) is 74.2 Å². The molecule has 1 aromatic heterocycles. The minimum Gasteiger partial charge on any atom is -0.495 e. The first-order chi connectivity index (χ1) is 15.9. The summed E-state index contributed by atoms with van der Waals surface area (Å²) in [4.78, 5) is 31.7. The smallest absolute Gasteiger partial charge is 0.275 e. The van der Waals surface area contributed by atoms with Gasteiger partial charge in [-0.05, 0) is 42.7 Å². The lowest BCUT2D eigenvalue weighted by Crippen LogP contribution is -2.38. The van der Waals surface area contributed by atoms with Crippen molar-refractivity contribution in [1.29, 1.82) is 0 Å². The van der Waals surface area contributed by atoms with Gasteiger partial charge in [-0.3, -0.25) is 9.59 Å². The second kappa shape index (κ2) is 10.5. The molecule has 2 aromatic carbocycles. The Morgan fingerprint density at radius 2 is 1.91 bits per heavy atom. The van der Waals surface area contributed by atoms with Gasteiger partial charge in [0.1, 0.15) is 11.4 Å². The largest absolute Gasteiger partial charge is 0.495 e. The Morgan fingerprint density at radius 3 is 2.61 bits per heavy atom. The van der Waals surface area contributed by atoms with E-state index in [0.717, 1.165) is 23.4 Å². The molecule has 0 bridgehead atoms. The second-order valence-corrected chi connectivity index (χ2v) is 9.50. The van der Waals surface area contributed by atoms with Crippen LogP contribution in [0.3, 0.4) is 0 Å². The number of methoxy groups -OCH3 is 1. The van der Waals surface area contributed by atoms with Crippen LogP contribution >= 0.6 is 34.5 Å². The molecule has 1 aliphatic heterocycles. The standard InChI is InChI=1S/C24H23Cl2N3O3S/c1-32-21-7-6-17(13-19(21)26)27-23(31)20-14-33-24(28-20)15-8-10-29(11-9-15)22(30)12-16-4-2-3-5-18(16)25/h2-7,13-15H,8-12H2,1H3,(H,27,31). The van der Waals surface area contributed by atoms with E-state index in [9.17, 15) is 9.59 Å². The van der Waals surface area contributed by atoms with Crippen LogP contribution in [0.1, 0.15) is 39.8 Å². The molecular formula is C24H23Cl2N3O3S. The normalized spacial score (nSPS) is 14.2. The molecule has 9 heteroatoms. The van der Waals surface area contributed by atoms with Crippen LogP contribution in [0.4, 0.5) is 5.69 Å². The van der Waals surface area contributed by atoms with Crippen LogP contribution < -0.4 is 10.1 Å². The number of likely N-dealkylation sites (tertiary alicyclic amines) is 1. The molecular weight excluding hydrogens is 481 g/mol. The van der Waals surface area contributed by atoms with E-state index in [1.54, 1.807) is 29.6 Å². The Labute approximate surface area is 206 Å². The zero-order valence-corrected chi connectivity index (χ0v) is 20.3.